The first kappa shape index (κ1) is 28.8. The second-order valence-electron chi connectivity index (χ2n) is 5.56. The van der Waals surface area contributed by atoms with Crippen molar-refractivity contribution in [2.75, 3.05) is 6.26 Å². The van der Waals surface area contributed by atoms with Crippen molar-refractivity contribution in [1.82, 2.24) is 0 Å². The third-order valence-electron chi connectivity index (χ3n) is 3.54. The molecule has 0 aromatic heterocycles. The topological polar surface area (TPSA) is 60.0 Å². The molecule has 0 aliphatic heterocycles. The van der Waals surface area contributed by atoms with Gasteiger partial charge >= 0.3 is 11.3 Å². The Kier molecular flexibility index (Phi) is 17.3. The Labute approximate surface area is 199 Å². The Bertz CT molecular complexity index is 832. The second-order valence-corrected chi connectivity index (χ2v) is 8.84. The molecule has 0 aliphatic carbocycles. The smallest absolute Gasteiger partial charge is 0.102 e. The summed E-state index contributed by atoms with van der Waals surface area (Å²) in [5.74, 6) is 0. The number of hydrogen-bond donors (Lipinski definition) is 0. The SMILES string of the molecule is CS(=O)[O-].[C-]#[O+].[Fe].[c-]1[c-][c-][cH-][c-]1.c1ccc([PH+](c2ccccc2)c2ccccc2)cc1. The van der Waals surface area contributed by atoms with Gasteiger partial charge in [-0.15, -0.1) is 0 Å². The van der Waals surface area contributed by atoms with E-state index in [9.17, 15) is 0 Å². The van der Waals surface area contributed by atoms with Gasteiger partial charge in [0.15, 0.2) is 0 Å². The van der Waals surface area contributed by atoms with E-state index in [-0.39, 0.29) is 17.1 Å². The molecule has 0 aliphatic rings. The first-order valence-electron chi connectivity index (χ1n) is 8.76. The Hall–Kier alpha value is -2.19. The van der Waals surface area contributed by atoms with Gasteiger partial charge in [0.25, 0.3) is 0 Å². The zero-order chi connectivity index (χ0) is 22.0. The normalized spacial score (nSPS) is 9.84. The molecule has 0 bridgehead atoms. The zero-order valence-electron chi connectivity index (χ0n) is 16.7. The van der Waals surface area contributed by atoms with E-state index in [2.05, 4.69) is 122 Å². The Morgan fingerprint density at radius 1 is 0.774 bits per heavy atom. The summed E-state index contributed by atoms with van der Waals surface area (Å²) < 4.78 is 25.5. The summed E-state index contributed by atoms with van der Waals surface area (Å²) in [6.45, 7) is 4.50. The molecule has 0 fully saturated rings. The van der Waals surface area contributed by atoms with Gasteiger partial charge in [-0.25, -0.2) is 0 Å². The summed E-state index contributed by atoms with van der Waals surface area (Å²) in [5.41, 5.74) is 0. The van der Waals surface area contributed by atoms with Crippen molar-refractivity contribution >= 4 is 34.9 Å². The van der Waals surface area contributed by atoms with Crippen LogP contribution < -0.4 is 15.9 Å². The van der Waals surface area contributed by atoms with Crippen LogP contribution in [0.15, 0.2) is 97.1 Å². The van der Waals surface area contributed by atoms with Gasteiger partial charge in [-0.1, -0.05) is 65.7 Å². The molecule has 4 aromatic rings. The fourth-order valence-electron chi connectivity index (χ4n) is 2.49. The van der Waals surface area contributed by atoms with Crippen LogP contribution in [0.3, 0.4) is 0 Å². The molecule has 0 spiro atoms. The molecule has 0 saturated heterocycles. The average molecular weight is 487 g/mol. The van der Waals surface area contributed by atoms with Crippen LogP contribution in [0.1, 0.15) is 0 Å². The van der Waals surface area contributed by atoms with E-state index in [4.69, 9.17) is 13.4 Å². The summed E-state index contributed by atoms with van der Waals surface area (Å²) in [4.78, 5) is 0. The van der Waals surface area contributed by atoms with E-state index < -0.39 is 19.0 Å². The van der Waals surface area contributed by atoms with E-state index in [0.29, 0.717) is 0 Å². The average Bonchev–Trinajstić information content (AvgIpc) is 3.38. The fourth-order valence-corrected chi connectivity index (χ4v) is 5.07. The van der Waals surface area contributed by atoms with Gasteiger partial charge in [-0.2, -0.15) is 0 Å². The molecule has 0 saturated carbocycles. The van der Waals surface area contributed by atoms with Crippen LogP contribution in [0.25, 0.3) is 0 Å². The van der Waals surface area contributed by atoms with E-state index in [0.717, 1.165) is 6.26 Å². The Morgan fingerprint density at radius 3 is 1.23 bits per heavy atom. The molecule has 4 rings (SSSR count). The minimum absolute atomic E-state index is 0. The third kappa shape index (κ3) is 12.3. The first-order valence-corrected chi connectivity index (χ1v) is 11.7. The molecule has 162 valence electrons. The van der Waals surface area contributed by atoms with Crippen LogP contribution in [0.4, 0.5) is 0 Å². The van der Waals surface area contributed by atoms with Gasteiger partial charge in [-0.05, 0) is 42.7 Å². The van der Waals surface area contributed by atoms with Gasteiger partial charge in [-0.3, -0.25) is 4.21 Å². The number of benzene rings is 3. The van der Waals surface area contributed by atoms with Crippen LogP contribution in [-0.4, -0.2) is 15.0 Å². The predicted octanol–water partition coefficient (Wildman–Crippen LogP) is 3.24. The summed E-state index contributed by atoms with van der Waals surface area (Å²) >= 11 is -1.86. The van der Waals surface area contributed by atoms with Crippen molar-refractivity contribution in [2.45, 2.75) is 0 Å². The van der Waals surface area contributed by atoms with Gasteiger partial charge in [0, 0.05) is 17.1 Å². The molecule has 31 heavy (non-hydrogen) atoms. The summed E-state index contributed by atoms with van der Waals surface area (Å²) in [7, 11) is -0.877. The molecule has 1 atom stereocenters. The maximum atomic E-state index is 9.00. The van der Waals surface area contributed by atoms with Gasteiger partial charge < -0.3 is 34.9 Å². The molecule has 0 heterocycles. The number of rotatable bonds is 3. The van der Waals surface area contributed by atoms with Crippen LogP contribution >= 0.6 is 7.92 Å². The van der Waals surface area contributed by atoms with E-state index in [1.165, 1.54) is 15.9 Å². The van der Waals surface area contributed by atoms with Crippen LogP contribution in [0, 0.1) is 30.9 Å². The summed E-state index contributed by atoms with van der Waals surface area (Å²) in [6.07, 6.45) is 1.08. The molecule has 1 unspecified atom stereocenters. The van der Waals surface area contributed by atoms with Crippen LogP contribution in [0.5, 0.6) is 0 Å². The third-order valence-corrected chi connectivity index (χ3v) is 6.27. The first-order chi connectivity index (χ1) is 14.7. The Balaban J connectivity index is 0.000000626. The van der Waals surface area contributed by atoms with Gasteiger partial charge in [0.05, 0.1) is 7.92 Å². The Morgan fingerprint density at radius 2 is 1.03 bits per heavy atom. The monoisotopic (exact) mass is 487 g/mol. The van der Waals surface area contributed by atoms with E-state index >= 15 is 0 Å². The minimum atomic E-state index is -1.86. The van der Waals surface area contributed by atoms with Crippen molar-refractivity contribution in [1.29, 1.82) is 0 Å². The molecule has 3 nitrogen and oxygen atoms in total. The standard InChI is InChI=1S/C18H15P.C5H.CH4O2S.CO.Fe/c1-4-10-16(11-5-1)19(17-12-6-2-7-13-17)18-14-8-3-9-15-18;1-2-4-5-3-1;1-4(2)3;1-2;/h1-15H;1H;1H3,(H,2,3);;/q;-5;;;. The van der Waals surface area contributed by atoms with E-state index in [1.807, 2.05) is 0 Å². The molecule has 4 aromatic carbocycles. The van der Waals surface area contributed by atoms with Gasteiger partial charge in [0.1, 0.15) is 15.9 Å². The molecular formula is C25H20FeO3PS-5. The van der Waals surface area contributed by atoms with Crippen molar-refractivity contribution in [2.24, 2.45) is 0 Å². The maximum absolute atomic E-state index is 9.00. The summed E-state index contributed by atoms with van der Waals surface area (Å²) in [5, 5.41) is 4.31. The van der Waals surface area contributed by atoms with Crippen molar-refractivity contribution < 1.29 is 30.5 Å². The number of hydrogen-bond acceptors (Lipinski definition) is 2. The van der Waals surface area contributed by atoms with Crippen molar-refractivity contribution in [3.05, 3.63) is 128 Å². The minimum Gasteiger partial charge on any atom is -0.999 e. The predicted molar refractivity (Wildman–Crippen MR) is 123 cm³/mol. The molecule has 0 N–H and O–H groups in total. The molecule has 6 heteroatoms. The largest absolute Gasteiger partial charge is 0.999 e. The summed E-state index contributed by atoms with van der Waals surface area (Å²) in [6, 6.07) is 44.5. The van der Waals surface area contributed by atoms with Crippen molar-refractivity contribution in [3.8, 4) is 0 Å². The van der Waals surface area contributed by atoms with Gasteiger partial charge in [0.2, 0.25) is 0 Å². The molecule has 0 amide bonds. The van der Waals surface area contributed by atoms with E-state index in [1.54, 1.807) is 6.07 Å². The van der Waals surface area contributed by atoms with Crippen LogP contribution in [-0.2, 0) is 32.8 Å². The van der Waals surface area contributed by atoms with Crippen LogP contribution in [0.2, 0.25) is 0 Å². The quantitative estimate of drug-likeness (QED) is 0.147. The molecular weight excluding hydrogens is 467 g/mol. The fraction of sp³-hybridized carbons (Fsp3) is 0.0400. The maximum Gasteiger partial charge on any atom is 0.102 e. The zero-order valence-corrected chi connectivity index (χ0v) is 19.6. The second kappa shape index (κ2) is 18.6. The molecule has 0 radical (unpaired) electrons. The van der Waals surface area contributed by atoms with Crippen molar-refractivity contribution in [3.63, 3.8) is 0 Å².